The van der Waals surface area contributed by atoms with Crippen LogP contribution in [0.4, 0.5) is 5.69 Å². The molecule has 0 saturated carbocycles. The zero-order chi connectivity index (χ0) is 35.7. The molecule has 7 nitrogen and oxygen atoms in total. The fourth-order valence-corrected chi connectivity index (χ4v) is 9.27. The molecule has 4 aromatic rings. The molecule has 3 amide bonds. The number of carbonyl (C=O) groups excluding carboxylic acids is 4. The number of carbonyl (C=O) groups is 4. The summed E-state index contributed by atoms with van der Waals surface area (Å²) in [5, 5.41) is 11.2. The Bertz CT molecular complexity index is 1690. The van der Waals surface area contributed by atoms with E-state index in [9.17, 15) is 19.2 Å². The van der Waals surface area contributed by atoms with E-state index in [1.54, 1.807) is 0 Å². The third-order valence-corrected chi connectivity index (χ3v) is 12.4. The maximum Gasteiger partial charge on any atom is 0.333 e. The van der Waals surface area contributed by atoms with E-state index in [-0.39, 0.29) is 25.2 Å². The van der Waals surface area contributed by atoms with Gasteiger partial charge < -0.3 is 10.2 Å². The quantitative estimate of drug-likeness (QED) is 0.0314. The van der Waals surface area contributed by atoms with Crippen molar-refractivity contribution in [2.45, 2.75) is 128 Å². The van der Waals surface area contributed by atoms with Gasteiger partial charge in [-0.05, 0) is 58.7 Å². The van der Waals surface area contributed by atoms with Crippen LogP contribution in [-0.2, 0) is 24.0 Å². The maximum absolute atomic E-state index is 12.8. The molecule has 1 fully saturated rings. The smallest absolute Gasteiger partial charge is 0.330 e. The molecule has 1 N–H and O–H groups in total. The van der Waals surface area contributed by atoms with Crippen LogP contribution in [0.2, 0.25) is 0 Å². The Morgan fingerprint density at radius 1 is 0.569 bits per heavy atom. The van der Waals surface area contributed by atoms with Crippen LogP contribution < -0.4 is 5.32 Å². The van der Waals surface area contributed by atoms with E-state index in [2.05, 4.69) is 53.8 Å². The standard InChI is InChI=1S/C42H54N2O5S2/c45-37(43-36-27-25-34-23-22-32-18-17-19-33-24-26-35(36)42(34)41(32)33)20-13-9-5-1-3-7-11-15-30-50-51-31-16-12-8-4-2-6-10-14-21-40(48)49-44-38(46)28-29-39(44)47/h17-19,22-27H,1-16,20-21,28-31H2,(H,43,45). The van der Waals surface area contributed by atoms with Gasteiger partial charge >= 0.3 is 5.97 Å². The number of unbranched alkanes of at least 4 members (excludes halogenated alkanes) is 14. The largest absolute Gasteiger partial charge is 0.333 e. The second kappa shape index (κ2) is 21.3. The molecule has 1 heterocycles. The van der Waals surface area contributed by atoms with E-state index in [1.807, 2.05) is 27.7 Å². The predicted octanol–water partition coefficient (Wildman–Crippen LogP) is 11.5. The van der Waals surface area contributed by atoms with Crippen molar-refractivity contribution in [3.8, 4) is 0 Å². The van der Waals surface area contributed by atoms with Gasteiger partial charge in [0.2, 0.25) is 5.91 Å². The van der Waals surface area contributed by atoms with Crippen LogP contribution in [0.5, 0.6) is 0 Å². The topological polar surface area (TPSA) is 92.8 Å². The summed E-state index contributed by atoms with van der Waals surface area (Å²) in [6.07, 6.45) is 19.9. The Labute approximate surface area is 311 Å². The number of hydroxylamine groups is 2. The van der Waals surface area contributed by atoms with Gasteiger partial charge in [0.05, 0.1) is 0 Å². The van der Waals surface area contributed by atoms with Crippen LogP contribution in [0.25, 0.3) is 32.3 Å². The summed E-state index contributed by atoms with van der Waals surface area (Å²) in [5.41, 5.74) is 0.915. The van der Waals surface area contributed by atoms with Crippen molar-refractivity contribution in [3.63, 3.8) is 0 Å². The molecule has 0 unspecified atom stereocenters. The molecule has 1 aliphatic rings. The minimum absolute atomic E-state index is 0.113. The molecule has 1 aliphatic heterocycles. The molecule has 0 atom stereocenters. The number of nitrogens with one attached hydrogen (secondary N) is 1. The summed E-state index contributed by atoms with van der Waals surface area (Å²) < 4.78 is 0. The number of amides is 3. The van der Waals surface area contributed by atoms with Gasteiger partial charge in [-0.2, -0.15) is 0 Å². The molecule has 9 heteroatoms. The number of hydrogen-bond acceptors (Lipinski definition) is 7. The highest BCUT2D eigenvalue weighted by molar-refractivity contribution is 8.76. The van der Waals surface area contributed by atoms with E-state index in [0.29, 0.717) is 11.5 Å². The molecule has 0 aromatic heterocycles. The molecule has 0 bridgehead atoms. The second-order valence-corrected chi connectivity index (χ2v) is 16.6. The van der Waals surface area contributed by atoms with Crippen molar-refractivity contribution in [3.05, 3.63) is 54.6 Å². The molecule has 0 spiro atoms. The van der Waals surface area contributed by atoms with Crippen molar-refractivity contribution in [2.24, 2.45) is 0 Å². The normalized spacial score (nSPS) is 13.3. The van der Waals surface area contributed by atoms with Crippen LogP contribution >= 0.6 is 21.6 Å². The minimum Gasteiger partial charge on any atom is -0.330 e. The van der Waals surface area contributed by atoms with Gasteiger partial charge in [0, 0.05) is 48.3 Å². The van der Waals surface area contributed by atoms with E-state index in [0.717, 1.165) is 43.2 Å². The summed E-state index contributed by atoms with van der Waals surface area (Å²) in [6.45, 7) is 0. The minimum atomic E-state index is -0.493. The van der Waals surface area contributed by atoms with E-state index < -0.39 is 17.8 Å². The van der Waals surface area contributed by atoms with E-state index in [1.165, 1.54) is 109 Å². The first-order valence-corrected chi connectivity index (χ1v) is 21.8. The number of imide groups is 1. The van der Waals surface area contributed by atoms with Gasteiger partial charge in [-0.1, -0.05) is 147 Å². The summed E-state index contributed by atoms with van der Waals surface area (Å²) in [6, 6.07) is 19.3. The first-order valence-electron chi connectivity index (χ1n) is 19.3. The van der Waals surface area contributed by atoms with Crippen LogP contribution in [0, 0.1) is 0 Å². The zero-order valence-electron chi connectivity index (χ0n) is 30.1. The highest BCUT2D eigenvalue weighted by Crippen LogP contribution is 2.37. The third-order valence-electron chi connectivity index (χ3n) is 9.83. The molecule has 274 valence electrons. The molecular formula is C42H54N2O5S2. The van der Waals surface area contributed by atoms with Crippen molar-refractivity contribution < 1.29 is 24.0 Å². The number of hydrogen-bond donors (Lipinski definition) is 1. The van der Waals surface area contributed by atoms with Gasteiger partial charge in [0.1, 0.15) is 0 Å². The van der Waals surface area contributed by atoms with Gasteiger partial charge in [-0.3, -0.25) is 14.4 Å². The van der Waals surface area contributed by atoms with Crippen LogP contribution in [0.3, 0.4) is 0 Å². The number of rotatable bonds is 25. The van der Waals surface area contributed by atoms with Gasteiger partial charge in [-0.15, -0.1) is 5.06 Å². The molecule has 51 heavy (non-hydrogen) atoms. The molecule has 5 rings (SSSR count). The highest BCUT2D eigenvalue weighted by atomic mass is 33.1. The fourth-order valence-electron chi connectivity index (χ4n) is 6.98. The summed E-state index contributed by atoms with van der Waals surface area (Å²) in [7, 11) is 4.04. The monoisotopic (exact) mass is 730 g/mol. The lowest BCUT2D eigenvalue weighted by Crippen LogP contribution is -2.31. The molecular weight excluding hydrogens is 677 g/mol. The fraction of sp³-hybridized carbons (Fsp3) is 0.524. The molecule has 4 aromatic carbocycles. The second-order valence-electron chi connectivity index (χ2n) is 13.9. The Hall–Kier alpha value is -3.30. The highest BCUT2D eigenvalue weighted by Gasteiger charge is 2.32. The average Bonchev–Trinajstić information content (AvgIpc) is 3.45. The number of nitrogens with zero attached hydrogens (tertiary/aromatic N) is 1. The van der Waals surface area contributed by atoms with Crippen molar-refractivity contribution in [2.75, 3.05) is 16.8 Å². The van der Waals surface area contributed by atoms with E-state index >= 15 is 0 Å². The Balaban J connectivity index is 0.771. The Morgan fingerprint density at radius 2 is 1.04 bits per heavy atom. The maximum atomic E-state index is 12.8. The first kappa shape index (κ1) is 38.9. The molecule has 0 aliphatic carbocycles. The zero-order valence-corrected chi connectivity index (χ0v) is 31.7. The van der Waals surface area contributed by atoms with Crippen LogP contribution in [0.15, 0.2) is 54.6 Å². The van der Waals surface area contributed by atoms with Gasteiger partial charge in [0.25, 0.3) is 11.8 Å². The summed E-state index contributed by atoms with van der Waals surface area (Å²) >= 11 is 0. The average molecular weight is 731 g/mol. The van der Waals surface area contributed by atoms with Gasteiger partial charge in [-0.25, -0.2) is 4.79 Å². The van der Waals surface area contributed by atoms with Crippen molar-refractivity contribution in [1.29, 1.82) is 0 Å². The Kier molecular flexibility index (Phi) is 16.2. The van der Waals surface area contributed by atoms with Crippen LogP contribution in [0.1, 0.15) is 128 Å². The van der Waals surface area contributed by atoms with Crippen molar-refractivity contribution in [1.82, 2.24) is 5.06 Å². The third kappa shape index (κ3) is 12.1. The van der Waals surface area contributed by atoms with Gasteiger partial charge in [0.15, 0.2) is 0 Å². The summed E-state index contributed by atoms with van der Waals surface area (Å²) in [5.74, 6) is 1.24. The first-order chi connectivity index (χ1) is 25.0. The lowest BCUT2D eigenvalue weighted by Gasteiger charge is -2.14. The molecule has 1 saturated heterocycles. The van der Waals surface area contributed by atoms with E-state index in [4.69, 9.17) is 4.84 Å². The SMILES string of the molecule is O=C(CCCCCCCCCCSSCCCCCCCCCCC(=O)ON1C(=O)CCC1=O)Nc1ccc2ccc3cccc4ccc1c2c34. The molecule has 0 radical (unpaired) electrons. The lowest BCUT2D eigenvalue weighted by atomic mass is 9.93. The predicted molar refractivity (Wildman–Crippen MR) is 214 cm³/mol. The Morgan fingerprint density at radius 3 is 1.63 bits per heavy atom. The summed E-state index contributed by atoms with van der Waals surface area (Å²) in [4.78, 5) is 52.5. The van der Waals surface area contributed by atoms with Crippen LogP contribution in [-0.4, -0.2) is 40.3 Å². The van der Waals surface area contributed by atoms with Crippen molar-refractivity contribution >= 4 is 83.3 Å². The number of benzene rings is 4. The lowest BCUT2D eigenvalue weighted by molar-refractivity contribution is -0.197. The number of anilines is 1.